The molecule has 0 aliphatic carbocycles. The fourth-order valence-corrected chi connectivity index (χ4v) is 1.67. The summed E-state index contributed by atoms with van der Waals surface area (Å²) in [6, 6.07) is 3.64. The molecule has 0 saturated carbocycles. The van der Waals surface area contributed by atoms with Crippen LogP contribution in [0.4, 0.5) is 5.69 Å². The average Bonchev–Trinajstić information content (AvgIpc) is 3.09. The van der Waals surface area contributed by atoms with Crippen molar-refractivity contribution in [2.45, 2.75) is 0 Å². The van der Waals surface area contributed by atoms with Crippen LogP contribution in [0.2, 0.25) is 0 Å². The molecule has 1 amide bonds. The molecule has 20 heavy (non-hydrogen) atoms. The van der Waals surface area contributed by atoms with Gasteiger partial charge >= 0.3 is 0 Å². The quantitative estimate of drug-likeness (QED) is 0.753. The highest BCUT2D eigenvalue weighted by atomic mass is 16.2. The fourth-order valence-electron chi connectivity index (χ4n) is 1.67. The van der Waals surface area contributed by atoms with Gasteiger partial charge in [0.05, 0.1) is 30.0 Å². The molecule has 1 N–H and O–H groups in total. The second-order valence-electron chi connectivity index (χ2n) is 4.11. The Balaban J connectivity index is 1.76. The van der Waals surface area contributed by atoms with Crippen molar-refractivity contribution < 1.29 is 4.79 Å². The average molecular weight is 269 g/mol. The first-order valence-corrected chi connectivity index (χ1v) is 5.85. The monoisotopic (exact) mass is 269 g/mol. The van der Waals surface area contributed by atoms with E-state index in [9.17, 15) is 4.79 Å². The van der Waals surface area contributed by atoms with Gasteiger partial charge in [-0.2, -0.15) is 5.10 Å². The number of amides is 1. The van der Waals surface area contributed by atoms with E-state index < -0.39 is 0 Å². The van der Waals surface area contributed by atoms with Gasteiger partial charge in [-0.3, -0.25) is 14.5 Å². The van der Waals surface area contributed by atoms with Crippen molar-refractivity contribution in [1.82, 2.24) is 29.8 Å². The molecule has 3 aromatic rings. The van der Waals surface area contributed by atoms with Gasteiger partial charge in [-0.15, -0.1) is 5.10 Å². The molecule has 0 unspecified atom stereocenters. The van der Waals surface area contributed by atoms with Crippen molar-refractivity contribution in [3.05, 3.63) is 48.8 Å². The number of nitrogens with one attached hydrogen (secondary N) is 1. The number of rotatable bonds is 3. The van der Waals surface area contributed by atoms with Crippen molar-refractivity contribution in [1.29, 1.82) is 0 Å². The fraction of sp³-hybridized carbons (Fsp3) is 0.0833. The van der Waals surface area contributed by atoms with Gasteiger partial charge in [-0.25, -0.2) is 4.68 Å². The van der Waals surface area contributed by atoms with E-state index in [1.807, 2.05) is 12.1 Å². The molecule has 0 aromatic carbocycles. The molecule has 3 heterocycles. The predicted octanol–water partition coefficient (Wildman–Crippen LogP) is 0.648. The molecule has 0 aliphatic heterocycles. The number of hydrogen-bond donors (Lipinski definition) is 1. The number of aryl methyl sites for hydroxylation is 1. The molecular weight excluding hydrogens is 258 g/mol. The van der Waals surface area contributed by atoms with Crippen molar-refractivity contribution in [3.63, 3.8) is 0 Å². The maximum atomic E-state index is 11.9. The van der Waals surface area contributed by atoms with E-state index in [0.717, 1.165) is 5.69 Å². The van der Waals surface area contributed by atoms with Gasteiger partial charge in [0.25, 0.3) is 5.91 Å². The van der Waals surface area contributed by atoms with Crippen molar-refractivity contribution in [2.24, 2.45) is 7.05 Å². The Bertz CT molecular complexity index is 731. The van der Waals surface area contributed by atoms with Crippen LogP contribution in [-0.2, 0) is 7.05 Å². The highest BCUT2D eigenvalue weighted by molar-refractivity contribution is 6.02. The third kappa shape index (κ3) is 2.39. The molecule has 0 radical (unpaired) electrons. The van der Waals surface area contributed by atoms with E-state index in [1.165, 1.54) is 4.68 Å². The molecule has 0 atom stereocenters. The molecule has 3 aromatic heterocycles. The van der Waals surface area contributed by atoms with Gasteiger partial charge < -0.3 is 5.32 Å². The summed E-state index contributed by atoms with van der Waals surface area (Å²) in [5.41, 5.74) is 1.70. The summed E-state index contributed by atoms with van der Waals surface area (Å²) >= 11 is 0. The topological polar surface area (TPSA) is 90.5 Å². The van der Waals surface area contributed by atoms with Crippen molar-refractivity contribution in [3.8, 4) is 5.69 Å². The summed E-state index contributed by atoms with van der Waals surface area (Å²) in [4.78, 5) is 15.8. The van der Waals surface area contributed by atoms with E-state index in [2.05, 4.69) is 25.7 Å². The van der Waals surface area contributed by atoms with Crippen LogP contribution < -0.4 is 5.32 Å². The van der Waals surface area contributed by atoms with Gasteiger partial charge in [0.2, 0.25) is 0 Å². The van der Waals surface area contributed by atoms with Crippen LogP contribution in [0.3, 0.4) is 0 Å². The summed E-state index contributed by atoms with van der Waals surface area (Å²) < 4.78 is 3.11. The molecule has 8 nitrogen and oxygen atoms in total. The number of nitrogens with zero attached hydrogens (tertiary/aromatic N) is 6. The number of carbonyl (C=O) groups excluding carboxylic acids is 1. The van der Waals surface area contributed by atoms with E-state index in [1.54, 1.807) is 42.7 Å². The number of pyridine rings is 1. The standard InChI is InChI=1S/C12H11N7O/c1-18-8-11(16-17-18)12(20)15-9-6-14-19(7-9)10-2-4-13-5-3-10/h2-8H,1H3,(H,15,20). The minimum absolute atomic E-state index is 0.254. The van der Waals surface area contributed by atoms with Crippen LogP contribution >= 0.6 is 0 Å². The largest absolute Gasteiger partial charge is 0.318 e. The lowest BCUT2D eigenvalue weighted by atomic mass is 10.4. The molecule has 0 fully saturated rings. The van der Waals surface area contributed by atoms with Gasteiger partial charge in [0, 0.05) is 19.4 Å². The van der Waals surface area contributed by atoms with E-state index in [-0.39, 0.29) is 11.6 Å². The predicted molar refractivity (Wildman–Crippen MR) is 70.3 cm³/mol. The first-order valence-electron chi connectivity index (χ1n) is 5.85. The first-order chi connectivity index (χ1) is 9.72. The van der Waals surface area contributed by atoms with Crippen molar-refractivity contribution in [2.75, 3.05) is 5.32 Å². The van der Waals surface area contributed by atoms with Crippen molar-refractivity contribution >= 4 is 11.6 Å². The summed E-state index contributed by atoms with van der Waals surface area (Å²) in [6.45, 7) is 0. The van der Waals surface area contributed by atoms with Gasteiger partial charge in [-0.05, 0) is 12.1 Å². The number of anilines is 1. The zero-order valence-corrected chi connectivity index (χ0v) is 10.6. The third-order valence-corrected chi connectivity index (χ3v) is 2.60. The smallest absolute Gasteiger partial charge is 0.277 e. The van der Waals surface area contributed by atoms with E-state index >= 15 is 0 Å². The Morgan fingerprint density at radius 3 is 2.75 bits per heavy atom. The summed E-state index contributed by atoms with van der Waals surface area (Å²) in [6.07, 6.45) is 8.17. The molecule has 8 heteroatoms. The highest BCUT2D eigenvalue weighted by Gasteiger charge is 2.11. The SMILES string of the molecule is Cn1cc(C(=O)Nc2cnn(-c3ccncc3)c2)nn1. The van der Waals surface area contributed by atoms with E-state index in [0.29, 0.717) is 5.69 Å². The second kappa shape index (κ2) is 4.92. The lowest BCUT2D eigenvalue weighted by molar-refractivity contribution is 0.102. The molecule has 100 valence electrons. The molecule has 3 rings (SSSR count). The Kier molecular flexibility index (Phi) is 2.96. The number of aromatic nitrogens is 6. The second-order valence-corrected chi connectivity index (χ2v) is 4.11. The van der Waals surface area contributed by atoms with Gasteiger partial charge in [0.15, 0.2) is 5.69 Å². The van der Waals surface area contributed by atoms with Crippen LogP contribution in [0.25, 0.3) is 5.69 Å². The molecule has 0 bridgehead atoms. The maximum absolute atomic E-state index is 11.9. The Labute approximate surface area is 114 Å². The molecular formula is C12H11N7O. The van der Waals surface area contributed by atoms with Gasteiger partial charge in [-0.1, -0.05) is 5.21 Å². The summed E-state index contributed by atoms with van der Waals surface area (Å²) in [7, 11) is 1.70. The summed E-state index contributed by atoms with van der Waals surface area (Å²) in [5, 5.41) is 14.3. The van der Waals surface area contributed by atoms with Crippen LogP contribution in [0.1, 0.15) is 10.5 Å². The zero-order chi connectivity index (χ0) is 13.9. The summed E-state index contributed by atoms with van der Waals surface area (Å²) in [5.74, 6) is -0.327. The van der Waals surface area contributed by atoms with Crippen LogP contribution in [-0.4, -0.2) is 35.7 Å². The van der Waals surface area contributed by atoms with Crippen LogP contribution in [0.5, 0.6) is 0 Å². The van der Waals surface area contributed by atoms with Gasteiger partial charge in [0.1, 0.15) is 0 Å². The highest BCUT2D eigenvalue weighted by Crippen LogP contribution is 2.11. The normalized spacial score (nSPS) is 10.4. The zero-order valence-electron chi connectivity index (χ0n) is 10.6. The van der Waals surface area contributed by atoms with E-state index in [4.69, 9.17) is 0 Å². The first kappa shape index (κ1) is 12.0. The lowest BCUT2D eigenvalue weighted by Gasteiger charge is -1.99. The minimum Gasteiger partial charge on any atom is -0.318 e. The number of hydrogen-bond acceptors (Lipinski definition) is 5. The van der Waals surface area contributed by atoms with Crippen LogP contribution in [0.15, 0.2) is 43.1 Å². The number of carbonyl (C=O) groups is 1. The third-order valence-electron chi connectivity index (χ3n) is 2.60. The Morgan fingerprint density at radius 1 is 1.25 bits per heavy atom. The van der Waals surface area contributed by atoms with Crippen LogP contribution in [0, 0.1) is 0 Å². The Morgan fingerprint density at radius 2 is 2.05 bits per heavy atom. The molecule has 0 saturated heterocycles. The Hall–Kier alpha value is -3.03. The lowest BCUT2D eigenvalue weighted by Crippen LogP contribution is -2.11. The molecule has 0 spiro atoms. The molecule has 0 aliphatic rings. The maximum Gasteiger partial charge on any atom is 0.277 e. The minimum atomic E-state index is -0.327.